The van der Waals surface area contributed by atoms with Crippen molar-refractivity contribution in [3.05, 3.63) is 90.1 Å². The smallest absolute Gasteiger partial charge is 0.165 e. The fraction of sp³-hybridized carbons (Fsp3) is 0.281. The van der Waals surface area contributed by atoms with Gasteiger partial charge in [0.05, 0.1) is 11.3 Å². The van der Waals surface area contributed by atoms with E-state index in [9.17, 15) is 0 Å². The molecule has 3 aromatic heterocycles. The molecule has 1 aliphatic carbocycles. The molecule has 0 radical (unpaired) electrons. The van der Waals surface area contributed by atoms with Gasteiger partial charge in [-0.15, -0.1) is 0 Å². The predicted molar refractivity (Wildman–Crippen MR) is 155 cm³/mol. The Balaban J connectivity index is 1.61. The number of fused-ring (bicyclic) bond motifs is 1. The number of nitrogen functional groups attached to an aromatic ring is 1. The van der Waals surface area contributed by atoms with Crippen LogP contribution in [0.15, 0.2) is 79.0 Å². The first-order valence-corrected chi connectivity index (χ1v) is 13.3. The van der Waals surface area contributed by atoms with Crippen LogP contribution in [0.2, 0.25) is 0 Å². The molecule has 5 aromatic rings. The minimum atomic E-state index is -0.216. The maximum absolute atomic E-state index is 6.62. The molecule has 0 saturated heterocycles. The van der Waals surface area contributed by atoms with Crippen LogP contribution < -0.4 is 11.5 Å². The fourth-order valence-corrected chi connectivity index (χ4v) is 5.42. The van der Waals surface area contributed by atoms with Crippen molar-refractivity contribution >= 4 is 17.0 Å². The average molecular weight is 503 g/mol. The van der Waals surface area contributed by atoms with Crippen molar-refractivity contribution < 1.29 is 0 Å². The minimum absolute atomic E-state index is 0.0909. The van der Waals surface area contributed by atoms with Crippen LogP contribution in [0.25, 0.3) is 39.5 Å². The van der Waals surface area contributed by atoms with Crippen LogP contribution in [0, 0.1) is 5.41 Å². The van der Waals surface area contributed by atoms with E-state index in [1.165, 1.54) is 17.5 Å². The molecule has 192 valence electrons. The van der Waals surface area contributed by atoms with Crippen LogP contribution in [0.3, 0.4) is 0 Å². The molecule has 0 atom stereocenters. The third-order valence-electron chi connectivity index (χ3n) is 7.51. The lowest BCUT2D eigenvalue weighted by Gasteiger charge is -2.38. The molecule has 38 heavy (non-hydrogen) atoms. The van der Waals surface area contributed by atoms with E-state index in [0.717, 1.165) is 58.8 Å². The van der Waals surface area contributed by atoms with E-state index in [-0.39, 0.29) is 11.0 Å². The summed E-state index contributed by atoms with van der Waals surface area (Å²) in [5.41, 5.74) is 20.6. The lowest BCUT2D eigenvalue weighted by molar-refractivity contribution is 0.253. The van der Waals surface area contributed by atoms with Crippen LogP contribution in [-0.4, -0.2) is 19.5 Å². The highest BCUT2D eigenvalue weighted by molar-refractivity contribution is 5.85. The summed E-state index contributed by atoms with van der Waals surface area (Å²) in [6.45, 7) is 6.75. The first-order valence-electron chi connectivity index (χ1n) is 13.3. The molecule has 3 heterocycles. The van der Waals surface area contributed by atoms with Crippen LogP contribution in [0.4, 0.5) is 5.82 Å². The summed E-state index contributed by atoms with van der Waals surface area (Å²) in [6, 6.07) is 25.0. The molecule has 0 amide bonds. The summed E-state index contributed by atoms with van der Waals surface area (Å²) in [7, 11) is 0. The zero-order valence-electron chi connectivity index (χ0n) is 22.3. The van der Waals surface area contributed by atoms with Gasteiger partial charge < -0.3 is 11.5 Å². The number of rotatable bonds is 5. The Bertz CT molecular complexity index is 1610. The van der Waals surface area contributed by atoms with Gasteiger partial charge in [-0.3, -0.25) is 4.57 Å². The molecule has 2 aromatic carbocycles. The van der Waals surface area contributed by atoms with Crippen molar-refractivity contribution in [2.45, 2.75) is 52.0 Å². The van der Waals surface area contributed by atoms with Gasteiger partial charge in [-0.25, -0.2) is 15.0 Å². The summed E-state index contributed by atoms with van der Waals surface area (Å²) < 4.78 is 2.10. The summed E-state index contributed by atoms with van der Waals surface area (Å²) in [4.78, 5) is 14.7. The molecular formula is C32H34N6. The molecule has 6 rings (SSSR count). The number of hydrogen-bond acceptors (Lipinski definition) is 5. The third kappa shape index (κ3) is 4.35. The van der Waals surface area contributed by atoms with Gasteiger partial charge in [-0.1, -0.05) is 63.2 Å². The topological polar surface area (TPSA) is 95.6 Å². The molecule has 0 spiro atoms. The van der Waals surface area contributed by atoms with E-state index < -0.39 is 0 Å². The minimum Gasteiger partial charge on any atom is -0.383 e. The molecule has 1 saturated carbocycles. The molecule has 0 aliphatic heterocycles. The highest BCUT2D eigenvalue weighted by atomic mass is 15.1. The number of imidazole rings is 1. The number of benzene rings is 2. The Kier molecular flexibility index (Phi) is 5.80. The number of aromatic nitrogens is 4. The summed E-state index contributed by atoms with van der Waals surface area (Å²) in [5.74, 6) is 1.16. The van der Waals surface area contributed by atoms with Gasteiger partial charge in [0, 0.05) is 23.0 Å². The van der Waals surface area contributed by atoms with Crippen LogP contribution in [0.1, 0.15) is 51.2 Å². The number of nitrogens with zero attached hydrogens (tertiary/aromatic N) is 4. The van der Waals surface area contributed by atoms with Gasteiger partial charge in [-0.2, -0.15) is 0 Å². The highest BCUT2D eigenvalue weighted by Gasteiger charge is 2.34. The summed E-state index contributed by atoms with van der Waals surface area (Å²) in [5, 5.41) is 0. The second-order valence-corrected chi connectivity index (χ2v) is 11.7. The third-order valence-corrected chi connectivity index (χ3v) is 7.51. The van der Waals surface area contributed by atoms with Crippen LogP contribution in [0.5, 0.6) is 0 Å². The molecule has 0 bridgehead atoms. The Hall–Kier alpha value is -4.03. The Labute approximate surface area is 223 Å². The first kappa shape index (κ1) is 24.3. The van der Waals surface area contributed by atoms with Crippen molar-refractivity contribution in [2.24, 2.45) is 11.1 Å². The van der Waals surface area contributed by atoms with Crippen molar-refractivity contribution in [3.8, 4) is 28.3 Å². The molecule has 1 aliphatic rings. The van der Waals surface area contributed by atoms with Crippen molar-refractivity contribution in [1.82, 2.24) is 19.5 Å². The van der Waals surface area contributed by atoms with Crippen LogP contribution >= 0.6 is 0 Å². The number of nitrogens with two attached hydrogens (primary N) is 2. The van der Waals surface area contributed by atoms with E-state index in [1.807, 2.05) is 18.2 Å². The normalized spacial score (nSPS) is 14.9. The van der Waals surface area contributed by atoms with E-state index in [0.29, 0.717) is 5.82 Å². The fourth-order valence-electron chi connectivity index (χ4n) is 5.42. The zero-order valence-corrected chi connectivity index (χ0v) is 22.3. The molecule has 6 heteroatoms. The molecule has 0 unspecified atom stereocenters. The van der Waals surface area contributed by atoms with Gasteiger partial charge in [-0.05, 0) is 72.6 Å². The van der Waals surface area contributed by atoms with E-state index in [2.05, 4.69) is 84.9 Å². The molecule has 4 N–H and O–H groups in total. The zero-order chi connectivity index (χ0) is 26.5. The van der Waals surface area contributed by atoms with Gasteiger partial charge in [0.1, 0.15) is 11.3 Å². The van der Waals surface area contributed by atoms with Gasteiger partial charge in [0.2, 0.25) is 0 Å². The second kappa shape index (κ2) is 9.07. The highest BCUT2D eigenvalue weighted by Crippen LogP contribution is 2.40. The van der Waals surface area contributed by atoms with Crippen molar-refractivity contribution in [1.29, 1.82) is 0 Å². The molecule has 1 fully saturated rings. The second-order valence-electron chi connectivity index (χ2n) is 11.7. The molecule has 6 nitrogen and oxygen atoms in total. The monoisotopic (exact) mass is 502 g/mol. The summed E-state index contributed by atoms with van der Waals surface area (Å²) in [6.07, 6.45) is 5.81. The van der Waals surface area contributed by atoms with E-state index in [1.54, 1.807) is 6.20 Å². The maximum atomic E-state index is 6.62. The lowest BCUT2D eigenvalue weighted by atomic mass is 9.73. The Morgan fingerprint density at radius 3 is 2.29 bits per heavy atom. The maximum Gasteiger partial charge on any atom is 0.165 e. The van der Waals surface area contributed by atoms with Crippen LogP contribution in [-0.2, 0) is 12.0 Å². The quantitative estimate of drug-likeness (QED) is 0.280. The van der Waals surface area contributed by atoms with Gasteiger partial charge in [0.15, 0.2) is 11.5 Å². The first-order chi connectivity index (χ1) is 18.2. The SMILES string of the molecule is CC(C)(C)Cc1cc2nc(-c3cccnc3N)n(-c3ccc(C4(N)CCC4)cc3)c2nc1-c1ccccc1. The Morgan fingerprint density at radius 1 is 0.921 bits per heavy atom. The van der Waals surface area contributed by atoms with E-state index in [4.69, 9.17) is 21.4 Å². The van der Waals surface area contributed by atoms with Crippen molar-refractivity contribution in [3.63, 3.8) is 0 Å². The predicted octanol–water partition coefficient (Wildman–Crippen LogP) is 6.66. The molecular weight excluding hydrogens is 468 g/mol. The summed E-state index contributed by atoms with van der Waals surface area (Å²) >= 11 is 0. The van der Waals surface area contributed by atoms with Gasteiger partial charge in [0.25, 0.3) is 0 Å². The Morgan fingerprint density at radius 2 is 1.66 bits per heavy atom. The number of pyridine rings is 2. The largest absolute Gasteiger partial charge is 0.383 e. The number of anilines is 1. The van der Waals surface area contributed by atoms with E-state index >= 15 is 0 Å². The number of hydrogen-bond donors (Lipinski definition) is 2. The van der Waals surface area contributed by atoms with Gasteiger partial charge >= 0.3 is 0 Å². The van der Waals surface area contributed by atoms with Crippen molar-refractivity contribution in [2.75, 3.05) is 5.73 Å². The lowest BCUT2D eigenvalue weighted by Crippen LogP contribution is -2.43. The standard InChI is InChI=1S/C32H34N6/c1-31(2,3)20-22-19-26-30(37-27(22)21-9-5-4-6-10-21)38(29(36-26)25-11-7-18-35-28(25)33)24-14-12-23(13-15-24)32(34)16-8-17-32/h4-7,9-15,18-19H,8,16-17,20,34H2,1-3H3,(H2,33,35). The average Bonchev–Trinajstić information content (AvgIpc) is 3.24.